The molecular weight excluding hydrogens is 527 g/mol. The van der Waals surface area contributed by atoms with Crippen LogP contribution in [0.25, 0.3) is 0 Å². The first kappa shape index (κ1) is 24.5. The second-order valence-electron chi connectivity index (χ2n) is 8.13. The van der Waals surface area contributed by atoms with E-state index < -0.39 is 0 Å². The van der Waals surface area contributed by atoms with Gasteiger partial charge in [0.15, 0.2) is 5.96 Å². The molecule has 2 heterocycles. The van der Waals surface area contributed by atoms with Crippen molar-refractivity contribution in [1.82, 2.24) is 4.90 Å². The lowest BCUT2D eigenvalue weighted by atomic mass is 10.1. The zero-order chi connectivity index (χ0) is 21.8. The monoisotopic (exact) mass is 557 g/mol. The van der Waals surface area contributed by atoms with Crippen LogP contribution in [0.3, 0.4) is 0 Å². The highest BCUT2D eigenvalue weighted by atomic mass is 127. The Morgan fingerprint density at radius 3 is 2.22 bits per heavy atom. The third-order valence-electron chi connectivity index (χ3n) is 6.04. The molecule has 2 aliphatic heterocycles. The Morgan fingerprint density at radius 2 is 1.59 bits per heavy atom. The largest absolute Gasteiger partial charge is 0.393 e. The summed E-state index contributed by atoms with van der Waals surface area (Å²) in [5.74, 6) is -0.0539. The minimum atomic E-state index is -0.284. The van der Waals surface area contributed by atoms with Crippen molar-refractivity contribution >= 4 is 41.3 Å². The first-order valence-corrected chi connectivity index (χ1v) is 10.8. The third-order valence-corrected chi connectivity index (χ3v) is 6.04. The molecule has 2 aromatic rings. The van der Waals surface area contributed by atoms with Crippen molar-refractivity contribution < 1.29 is 13.9 Å². The van der Waals surface area contributed by atoms with Gasteiger partial charge in [0, 0.05) is 45.0 Å². The summed E-state index contributed by atoms with van der Waals surface area (Å²) >= 11 is 0. The Morgan fingerprint density at radius 1 is 0.938 bits per heavy atom. The van der Waals surface area contributed by atoms with Gasteiger partial charge in [0.05, 0.1) is 18.3 Å². The van der Waals surface area contributed by atoms with Gasteiger partial charge in [-0.05, 0) is 54.8 Å². The van der Waals surface area contributed by atoms with Crippen LogP contribution in [-0.4, -0.2) is 61.3 Å². The molecule has 32 heavy (non-hydrogen) atoms. The van der Waals surface area contributed by atoms with E-state index in [0.717, 1.165) is 37.4 Å². The van der Waals surface area contributed by atoms with Crippen LogP contribution in [0.2, 0.25) is 0 Å². The number of guanidine groups is 1. The van der Waals surface area contributed by atoms with Crippen molar-refractivity contribution in [3.63, 3.8) is 0 Å². The molecule has 0 bridgehead atoms. The quantitative estimate of drug-likeness (QED) is 0.344. The average molecular weight is 557 g/mol. The van der Waals surface area contributed by atoms with E-state index in [0.29, 0.717) is 44.1 Å². The predicted octanol–water partition coefficient (Wildman–Crippen LogP) is 3.18. The van der Waals surface area contributed by atoms with Crippen molar-refractivity contribution in [3.8, 4) is 0 Å². The molecule has 2 aromatic carbocycles. The maximum Gasteiger partial charge on any atom is 0.191 e. The van der Waals surface area contributed by atoms with Crippen LogP contribution in [-0.2, 0) is 6.54 Å². The minimum Gasteiger partial charge on any atom is -0.393 e. The molecule has 3 N–H and O–H groups in total. The maximum absolute atomic E-state index is 14.6. The van der Waals surface area contributed by atoms with E-state index in [2.05, 4.69) is 9.89 Å². The summed E-state index contributed by atoms with van der Waals surface area (Å²) in [6.07, 6.45) is 1.04. The number of aliphatic hydroxyl groups is 1. The van der Waals surface area contributed by atoms with Crippen molar-refractivity contribution in [2.45, 2.75) is 25.5 Å². The fourth-order valence-electron chi connectivity index (χ4n) is 4.13. The summed E-state index contributed by atoms with van der Waals surface area (Å²) in [7, 11) is 0. The van der Waals surface area contributed by atoms with Crippen molar-refractivity contribution in [3.05, 3.63) is 59.7 Å². The number of aliphatic imine (C=N–C) groups is 1. The molecule has 0 atom stereocenters. The molecule has 0 aliphatic carbocycles. The van der Waals surface area contributed by atoms with Crippen LogP contribution >= 0.6 is 24.0 Å². The van der Waals surface area contributed by atoms with E-state index in [1.54, 1.807) is 18.2 Å². The Hall–Kier alpha value is -2.14. The highest BCUT2D eigenvalue weighted by molar-refractivity contribution is 14.0. The van der Waals surface area contributed by atoms with Crippen LogP contribution < -0.4 is 15.5 Å². The van der Waals surface area contributed by atoms with Crippen LogP contribution in [0.5, 0.6) is 0 Å². The molecule has 2 aliphatic rings. The van der Waals surface area contributed by atoms with Gasteiger partial charge in [-0.25, -0.2) is 13.8 Å². The summed E-state index contributed by atoms with van der Waals surface area (Å²) in [5, 5.41) is 9.63. The maximum atomic E-state index is 14.6. The van der Waals surface area contributed by atoms with Gasteiger partial charge in [0.1, 0.15) is 11.6 Å². The van der Waals surface area contributed by atoms with Crippen molar-refractivity contribution in [2.75, 3.05) is 49.1 Å². The Balaban J connectivity index is 0.00000289. The van der Waals surface area contributed by atoms with Gasteiger partial charge in [0.2, 0.25) is 0 Å². The number of rotatable bonds is 4. The fraction of sp³-hybridized carbons (Fsp3) is 0.435. The van der Waals surface area contributed by atoms with Gasteiger partial charge in [-0.2, -0.15) is 0 Å². The zero-order valence-electron chi connectivity index (χ0n) is 18.0. The van der Waals surface area contributed by atoms with Crippen molar-refractivity contribution in [1.29, 1.82) is 0 Å². The topological polar surface area (TPSA) is 68.3 Å². The number of hydrogen-bond donors (Lipinski definition) is 2. The van der Waals surface area contributed by atoms with Crippen LogP contribution in [0.15, 0.2) is 47.5 Å². The SMILES string of the molecule is I.NC(=NCc1ccc(N2CCC(O)CC2)c(F)c1)N1CCN(c2ccc(F)cc2)CC1. The molecule has 4 rings (SSSR count). The normalized spacial score (nSPS) is 18.0. The third kappa shape index (κ3) is 6.00. The van der Waals surface area contributed by atoms with Gasteiger partial charge in [-0.3, -0.25) is 0 Å². The van der Waals surface area contributed by atoms with Gasteiger partial charge in [-0.1, -0.05) is 6.07 Å². The number of benzene rings is 2. The van der Waals surface area contributed by atoms with E-state index in [4.69, 9.17) is 5.73 Å². The van der Waals surface area contributed by atoms with Gasteiger partial charge in [0.25, 0.3) is 0 Å². The smallest absolute Gasteiger partial charge is 0.191 e. The molecule has 9 heteroatoms. The van der Waals surface area contributed by atoms with E-state index in [9.17, 15) is 13.9 Å². The average Bonchev–Trinajstić information content (AvgIpc) is 2.79. The van der Waals surface area contributed by atoms with Crippen LogP contribution in [0, 0.1) is 11.6 Å². The number of piperidine rings is 1. The molecule has 6 nitrogen and oxygen atoms in total. The number of halogens is 3. The molecular formula is C23H30F2IN5O. The minimum absolute atomic E-state index is 0. The molecule has 0 amide bonds. The standard InChI is InChI=1S/C23H29F2N5O.HI/c24-18-2-4-19(5-3-18)28-11-13-30(14-12-28)23(26)27-16-17-1-6-22(21(25)15-17)29-9-7-20(31)8-10-29;/h1-6,15,20,31H,7-14,16H2,(H2,26,27);1H. The molecule has 2 fully saturated rings. The Bertz CT molecular complexity index is 911. The van der Waals surface area contributed by atoms with E-state index in [1.165, 1.54) is 18.2 Å². The van der Waals surface area contributed by atoms with Gasteiger partial charge >= 0.3 is 0 Å². The fourth-order valence-corrected chi connectivity index (χ4v) is 4.13. The second-order valence-corrected chi connectivity index (χ2v) is 8.13. The summed E-state index contributed by atoms with van der Waals surface area (Å²) < 4.78 is 27.7. The zero-order valence-corrected chi connectivity index (χ0v) is 20.3. The van der Waals surface area contributed by atoms with E-state index in [1.807, 2.05) is 15.9 Å². The lowest BCUT2D eigenvalue weighted by molar-refractivity contribution is 0.145. The Kier molecular flexibility index (Phi) is 8.52. The summed E-state index contributed by atoms with van der Waals surface area (Å²) in [6.45, 7) is 4.63. The van der Waals surface area contributed by atoms with Gasteiger partial charge < -0.3 is 25.5 Å². The number of anilines is 2. The number of nitrogens with zero attached hydrogens (tertiary/aromatic N) is 4. The van der Waals surface area contributed by atoms with Crippen LogP contribution in [0.1, 0.15) is 18.4 Å². The van der Waals surface area contributed by atoms with Crippen LogP contribution in [0.4, 0.5) is 20.2 Å². The highest BCUT2D eigenvalue weighted by Gasteiger charge is 2.20. The number of nitrogens with two attached hydrogens (primary N) is 1. The second kappa shape index (κ2) is 11.1. The first-order valence-electron chi connectivity index (χ1n) is 10.8. The molecule has 0 unspecified atom stereocenters. The van der Waals surface area contributed by atoms with E-state index in [-0.39, 0.29) is 41.7 Å². The summed E-state index contributed by atoms with van der Waals surface area (Å²) in [4.78, 5) is 10.6. The molecule has 0 aromatic heterocycles. The molecule has 174 valence electrons. The number of aliphatic hydroxyl groups excluding tert-OH is 1. The summed E-state index contributed by atoms with van der Waals surface area (Å²) in [5.41, 5.74) is 8.52. The lowest BCUT2D eigenvalue weighted by Gasteiger charge is -2.36. The summed E-state index contributed by atoms with van der Waals surface area (Å²) in [6, 6.07) is 11.7. The van der Waals surface area contributed by atoms with Gasteiger partial charge in [-0.15, -0.1) is 24.0 Å². The molecule has 0 spiro atoms. The van der Waals surface area contributed by atoms with E-state index >= 15 is 0 Å². The molecule has 0 radical (unpaired) electrons. The molecule has 2 saturated heterocycles. The highest BCUT2D eigenvalue weighted by Crippen LogP contribution is 2.24. The number of piperazine rings is 1. The lowest BCUT2D eigenvalue weighted by Crippen LogP contribution is -2.51. The number of hydrogen-bond acceptors (Lipinski definition) is 4. The Labute approximate surface area is 204 Å². The first-order chi connectivity index (χ1) is 15.0. The predicted molar refractivity (Wildman–Crippen MR) is 135 cm³/mol. The molecule has 0 saturated carbocycles. The van der Waals surface area contributed by atoms with Crippen molar-refractivity contribution in [2.24, 2.45) is 10.7 Å².